The predicted octanol–water partition coefficient (Wildman–Crippen LogP) is 3.54. The number of hydrogen-bond donors (Lipinski definition) is 1. The van der Waals surface area contributed by atoms with Crippen molar-refractivity contribution in [1.29, 1.82) is 0 Å². The van der Waals surface area contributed by atoms with Gasteiger partial charge in [0.15, 0.2) is 11.5 Å². The fourth-order valence-electron chi connectivity index (χ4n) is 4.34. The van der Waals surface area contributed by atoms with Gasteiger partial charge in [0.25, 0.3) is 5.91 Å². The number of allylic oxidation sites excluding steroid dienone is 2. The highest BCUT2D eigenvalue weighted by Crippen LogP contribution is 2.38. The minimum atomic E-state index is -0.343. The maximum atomic E-state index is 12.7. The second kappa shape index (κ2) is 9.01. The van der Waals surface area contributed by atoms with E-state index in [2.05, 4.69) is 5.43 Å². The first-order chi connectivity index (χ1) is 15.0. The summed E-state index contributed by atoms with van der Waals surface area (Å²) in [6.07, 6.45) is 10.6. The molecule has 8 heteroatoms. The van der Waals surface area contributed by atoms with Crippen LogP contribution >= 0.6 is 0 Å². The van der Waals surface area contributed by atoms with Gasteiger partial charge in [-0.25, -0.2) is 10.2 Å². The van der Waals surface area contributed by atoms with Gasteiger partial charge in [0.1, 0.15) is 0 Å². The summed E-state index contributed by atoms with van der Waals surface area (Å²) in [7, 11) is 3.43. The largest absolute Gasteiger partial charge is 0.493 e. The van der Waals surface area contributed by atoms with Crippen LogP contribution in [0.2, 0.25) is 0 Å². The average molecular weight is 427 g/mol. The van der Waals surface area contributed by atoms with Crippen LogP contribution in [0.15, 0.2) is 42.1 Å². The van der Waals surface area contributed by atoms with Gasteiger partial charge in [-0.15, -0.1) is 0 Å². The van der Waals surface area contributed by atoms with Crippen molar-refractivity contribution >= 4 is 11.9 Å². The van der Waals surface area contributed by atoms with Crippen LogP contribution in [0.5, 0.6) is 11.5 Å². The van der Waals surface area contributed by atoms with Crippen LogP contribution in [0.1, 0.15) is 50.6 Å². The summed E-state index contributed by atoms with van der Waals surface area (Å²) >= 11 is 0. The zero-order valence-electron chi connectivity index (χ0n) is 18.3. The number of ether oxygens (including phenoxy) is 2. The number of methoxy groups -OCH3 is 1. The standard InChI is InChI=1S/C23H30N4O4/c1-16-7-6-12-26(15-16)23(29)24-27-22(28)14-19(25(27)2)17-10-11-20(30-3)21(13-17)31-18-8-4-5-9-18/h6-7,10-11,13,15,18-19H,4-5,8-9,12,14H2,1-3H3,(H,24,29)/t19-/m0/s1. The van der Waals surface area contributed by atoms with Crippen molar-refractivity contribution in [2.24, 2.45) is 0 Å². The Morgan fingerprint density at radius 2 is 1.97 bits per heavy atom. The van der Waals surface area contributed by atoms with Gasteiger partial charge in [0, 0.05) is 19.8 Å². The number of hydrazine groups is 2. The molecule has 2 fully saturated rings. The molecule has 1 saturated heterocycles. The molecule has 0 radical (unpaired) electrons. The van der Waals surface area contributed by atoms with E-state index in [1.54, 1.807) is 30.3 Å². The smallest absolute Gasteiger partial charge is 0.341 e. The summed E-state index contributed by atoms with van der Waals surface area (Å²) in [5.41, 5.74) is 4.65. The van der Waals surface area contributed by atoms with Crippen LogP contribution in [-0.2, 0) is 4.79 Å². The Bertz CT molecular complexity index is 907. The lowest BCUT2D eigenvalue weighted by molar-refractivity contribution is -0.142. The molecule has 0 aromatic heterocycles. The molecule has 1 saturated carbocycles. The molecular formula is C23H30N4O4. The number of carbonyl (C=O) groups excluding carboxylic acids is 2. The van der Waals surface area contributed by atoms with Crippen LogP contribution in [-0.4, -0.2) is 53.8 Å². The van der Waals surface area contributed by atoms with Crippen LogP contribution < -0.4 is 14.9 Å². The highest BCUT2D eigenvalue weighted by molar-refractivity contribution is 5.83. The number of rotatable bonds is 5. The molecule has 2 aliphatic heterocycles. The molecule has 1 atom stereocenters. The topological polar surface area (TPSA) is 74.4 Å². The van der Waals surface area contributed by atoms with Gasteiger partial charge in [-0.1, -0.05) is 18.2 Å². The zero-order chi connectivity index (χ0) is 22.0. The Morgan fingerprint density at radius 1 is 1.19 bits per heavy atom. The fourth-order valence-corrected chi connectivity index (χ4v) is 4.34. The van der Waals surface area contributed by atoms with Crippen LogP contribution in [0.25, 0.3) is 0 Å². The van der Waals surface area contributed by atoms with E-state index in [1.807, 2.05) is 37.3 Å². The Morgan fingerprint density at radius 3 is 2.68 bits per heavy atom. The van der Waals surface area contributed by atoms with Gasteiger partial charge in [0.2, 0.25) is 0 Å². The van der Waals surface area contributed by atoms with Gasteiger partial charge >= 0.3 is 6.03 Å². The number of benzene rings is 1. The van der Waals surface area contributed by atoms with Crippen molar-refractivity contribution in [2.75, 3.05) is 20.7 Å². The first-order valence-corrected chi connectivity index (χ1v) is 10.8. The third kappa shape index (κ3) is 4.54. The quantitative estimate of drug-likeness (QED) is 0.780. The SMILES string of the molecule is COc1ccc([C@@H]2CC(=O)N(NC(=O)N3C=C(C)C=CC3)N2C)cc1OC1CCCC1. The molecular weight excluding hydrogens is 396 g/mol. The van der Waals surface area contributed by atoms with Gasteiger partial charge in [-0.3, -0.25) is 9.69 Å². The molecule has 0 spiro atoms. The molecule has 0 unspecified atom stereocenters. The fraction of sp³-hybridized carbons (Fsp3) is 0.478. The average Bonchev–Trinajstić information content (AvgIpc) is 3.37. The highest BCUT2D eigenvalue weighted by Gasteiger charge is 2.38. The van der Waals surface area contributed by atoms with E-state index in [4.69, 9.17) is 9.47 Å². The first kappa shape index (κ1) is 21.2. The number of amides is 3. The Labute approximate surface area is 183 Å². The van der Waals surface area contributed by atoms with Crippen molar-refractivity contribution in [3.05, 3.63) is 47.7 Å². The van der Waals surface area contributed by atoms with Crippen molar-refractivity contribution < 1.29 is 19.1 Å². The number of hydrogen-bond acceptors (Lipinski definition) is 5. The first-order valence-electron chi connectivity index (χ1n) is 10.8. The predicted molar refractivity (Wildman–Crippen MR) is 116 cm³/mol. The molecule has 3 amide bonds. The number of carbonyl (C=O) groups is 2. The molecule has 2 heterocycles. The van der Waals surface area contributed by atoms with Crippen molar-refractivity contribution in [3.8, 4) is 11.5 Å². The van der Waals surface area contributed by atoms with E-state index in [0.29, 0.717) is 18.0 Å². The number of nitrogens with one attached hydrogen (secondary N) is 1. The normalized spacial score (nSPS) is 22.1. The van der Waals surface area contributed by atoms with Gasteiger partial charge in [0.05, 0.1) is 25.7 Å². The lowest BCUT2D eigenvalue weighted by Crippen LogP contribution is -2.53. The van der Waals surface area contributed by atoms with E-state index in [-0.39, 0.29) is 30.5 Å². The van der Waals surface area contributed by atoms with E-state index in [9.17, 15) is 9.59 Å². The van der Waals surface area contributed by atoms with Crippen LogP contribution in [0.3, 0.4) is 0 Å². The maximum absolute atomic E-state index is 12.7. The Balaban J connectivity index is 1.48. The second-order valence-electron chi connectivity index (χ2n) is 8.28. The molecule has 166 valence electrons. The van der Waals surface area contributed by atoms with Crippen molar-refractivity contribution in [3.63, 3.8) is 0 Å². The van der Waals surface area contributed by atoms with Gasteiger partial charge < -0.3 is 9.47 Å². The summed E-state index contributed by atoms with van der Waals surface area (Å²) in [4.78, 5) is 26.9. The maximum Gasteiger partial charge on any atom is 0.341 e. The Kier molecular flexibility index (Phi) is 6.18. The van der Waals surface area contributed by atoms with Crippen molar-refractivity contribution in [2.45, 2.75) is 51.2 Å². The molecule has 8 nitrogen and oxygen atoms in total. The molecule has 31 heavy (non-hydrogen) atoms. The summed E-state index contributed by atoms with van der Waals surface area (Å²) < 4.78 is 11.7. The minimum Gasteiger partial charge on any atom is -0.493 e. The summed E-state index contributed by atoms with van der Waals surface area (Å²) in [6.45, 7) is 2.40. The van der Waals surface area contributed by atoms with Gasteiger partial charge in [-0.05, 0) is 55.9 Å². The monoisotopic (exact) mass is 426 g/mol. The molecule has 4 rings (SSSR count). The molecule has 0 bridgehead atoms. The van der Waals surface area contributed by atoms with Crippen molar-refractivity contribution in [1.82, 2.24) is 20.5 Å². The lowest BCUT2D eigenvalue weighted by atomic mass is 10.0. The van der Waals surface area contributed by atoms with E-state index in [1.165, 1.54) is 18.0 Å². The third-order valence-electron chi connectivity index (χ3n) is 6.04. The molecule has 1 aliphatic carbocycles. The molecule has 1 N–H and O–H groups in total. The zero-order valence-corrected chi connectivity index (χ0v) is 18.3. The summed E-state index contributed by atoms with van der Waals surface area (Å²) in [6, 6.07) is 5.24. The van der Waals surface area contributed by atoms with Gasteiger partial charge in [-0.2, -0.15) is 10.1 Å². The van der Waals surface area contributed by atoms with E-state index >= 15 is 0 Å². The van der Waals surface area contributed by atoms with Crippen LogP contribution in [0, 0.1) is 0 Å². The summed E-state index contributed by atoms with van der Waals surface area (Å²) in [5, 5.41) is 3.06. The van der Waals surface area contributed by atoms with E-state index in [0.717, 1.165) is 24.0 Å². The Hall–Kier alpha value is -3.00. The third-order valence-corrected chi connectivity index (χ3v) is 6.04. The van der Waals surface area contributed by atoms with E-state index < -0.39 is 0 Å². The molecule has 1 aromatic rings. The number of urea groups is 1. The van der Waals surface area contributed by atoms with Crippen LogP contribution in [0.4, 0.5) is 4.79 Å². The molecule has 3 aliphatic rings. The summed E-state index contributed by atoms with van der Waals surface area (Å²) in [5.74, 6) is 1.23. The number of nitrogens with zero attached hydrogens (tertiary/aromatic N) is 3. The minimum absolute atomic E-state index is 0.164. The highest BCUT2D eigenvalue weighted by atomic mass is 16.5. The molecule has 1 aromatic carbocycles. The second-order valence-corrected chi connectivity index (χ2v) is 8.28. The lowest BCUT2D eigenvalue weighted by Gasteiger charge is -2.30.